The Balaban J connectivity index is 1.90. The van der Waals surface area contributed by atoms with Gasteiger partial charge in [-0.05, 0) is 49.7 Å². The van der Waals surface area contributed by atoms with E-state index in [0.717, 1.165) is 18.2 Å². The molecule has 1 atom stereocenters. The summed E-state index contributed by atoms with van der Waals surface area (Å²) in [7, 11) is 0. The summed E-state index contributed by atoms with van der Waals surface area (Å²) in [6.07, 6.45) is 2.22. The third kappa shape index (κ3) is 5.55. The molecule has 1 aromatic heterocycles. The van der Waals surface area contributed by atoms with Crippen LogP contribution in [0.5, 0.6) is 0 Å². The Bertz CT molecular complexity index is 1090. The van der Waals surface area contributed by atoms with Crippen molar-refractivity contribution in [2.75, 3.05) is 17.7 Å². The van der Waals surface area contributed by atoms with Crippen molar-refractivity contribution < 1.29 is 18.7 Å². The van der Waals surface area contributed by atoms with Crippen LogP contribution in [0.4, 0.5) is 5.69 Å². The molecule has 0 unspecified atom stereocenters. The summed E-state index contributed by atoms with van der Waals surface area (Å²) in [4.78, 5) is 25.2. The largest absolute Gasteiger partial charge is 0.468 e. The topological polar surface area (TPSA) is 104 Å². The van der Waals surface area contributed by atoms with Gasteiger partial charge in [-0.25, -0.2) is 0 Å². The molecule has 0 fully saturated rings. The average molecular weight is 472 g/mol. The number of nitrogens with zero attached hydrogens (tertiary/aromatic N) is 1. The van der Waals surface area contributed by atoms with E-state index in [1.165, 1.54) is 6.26 Å². The van der Waals surface area contributed by atoms with E-state index in [2.05, 4.69) is 16.7 Å². The van der Waals surface area contributed by atoms with Gasteiger partial charge in [0.25, 0.3) is 5.91 Å². The first kappa shape index (κ1) is 23.5. The molecule has 1 amide bonds. The van der Waals surface area contributed by atoms with Crippen LogP contribution in [0.1, 0.15) is 31.9 Å². The van der Waals surface area contributed by atoms with Crippen LogP contribution in [-0.4, -0.2) is 24.2 Å². The maximum Gasteiger partial charge on any atom is 0.316 e. The van der Waals surface area contributed by atoms with Crippen LogP contribution < -0.4 is 10.6 Å². The Kier molecular flexibility index (Phi) is 8.03. The first-order chi connectivity index (χ1) is 15.4. The molecule has 3 rings (SSSR count). The lowest BCUT2D eigenvalue weighted by atomic mass is 9.85. The van der Waals surface area contributed by atoms with E-state index in [4.69, 9.17) is 20.8 Å². The van der Waals surface area contributed by atoms with E-state index >= 15 is 0 Å². The molecule has 0 aliphatic carbocycles. The number of hydrogen-bond donors (Lipinski definition) is 2. The maximum atomic E-state index is 13.2. The molecule has 0 spiro atoms. The number of dihydropyridines is 1. The van der Waals surface area contributed by atoms with Gasteiger partial charge in [0.1, 0.15) is 5.76 Å². The van der Waals surface area contributed by atoms with Crippen molar-refractivity contribution in [3.05, 3.63) is 75.3 Å². The molecule has 166 valence electrons. The second-order valence-electron chi connectivity index (χ2n) is 6.94. The second kappa shape index (κ2) is 10.9. The Labute approximate surface area is 195 Å². The number of benzene rings is 1. The Morgan fingerprint density at radius 2 is 2.06 bits per heavy atom. The van der Waals surface area contributed by atoms with Gasteiger partial charge in [-0.2, -0.15) is 5.26 Å². The molecule has 2 heterocycles. The summed E-state index contributed by atoms with van der Waals surface area (Å²) in [5, 5.41) is 17.0. The Hall–Kier alpha value is -3.15. The molecular weight excluding hydrogens is 450 g/mol. The first-order valence-corrected chi connectivity index (χ1v) is 11.3. The van der Waals surface area contributed by atoms with Crippen molar-refractivity contribution in [1.82, 2.24) is 5.32 Å². The second-order valence-corrected chi connectivity index (χ2v) is 8.36. The number of nitriles is 1. The number of ether oxygens (including phenoxy) is 1. The number of furan rings is 1. The number of allylic oxidation sites excluding steroid dienone is 2. The molecule has 1 aliphatic heterocycles. The van der Waals surface area contributed by atoms with Crippen LogP contribution in [0.2, 0.25) is 5.02 Å². The van der Waals surface area contributed by atoms with E-state index in [1.54, 1.807) is 43.3 Å². The number of anilines is 1. The standard InChI is InChI=1S/C23H22ClN3O4S/c1-3-10-31-19(28)13-32-23-17(12-25)21(18-5-4-11-30-18)20(14(2)26-23)22(29)27-16-8-6-15(24)7-9-16/h4-9,11,21,26H,3,10,13H2,1-2H3,(H,27,29)/t21-/m0/s1. The summed E-state index contributed by atoms with van der Waals surface area (Å²) in [6, 6.07) is 12.3. The molecule has 32 heavy (non-hydrogen) atoms. The molecule has 1 aromatic carbocycles. The monoisotopic (exact) mass is 471 g/mol. The number of carbonyl (C=O) groups excluding carboxylic acids is 2. The molecular formula is C23H22ClN3O4S. The van der Waals surface area contributed by atoms with E-state index in [0.29, 0.717) is 44.9 Å². The summed E-state index contributed by atoms with van der Waals surface area (Å²) in [5.74, 6) is -0.977. The van der Waals surface area contributed by atoms with Crippen LogP contribution in [0.25, 0.3) is 0 Å². The molecule has 2 aromatic rings. The van der Waals surface area contributed by atoms with Crippen molar-refractivity contribution in [2.45, 2.75) is 26.2 Å². The van der Waals surface area contributed by atoms with E-state index in [1.807, 2.05) is 6.92 Å². The molecule has 0 bridgehead atoms. The molecule has 0 saturated carbocycles. The van der Waals surface area contributed by atoms with Gasteiger partial charge >= 0.3 is 5.97 Å². The van der Waals surface area contributed by atoms with Crippen LogP contribution in [0.15, 0.2) is 69.0 Å². The van der Waals surface area contributed by atoms with Crippen LogP contribution in [0.3, 0.4) is 0 Å². The lowest BCUT2D eigenvalue weighted by Gasteiger charge is -2.28. The summed E-state index contributed by atoms with van der Waals surface area (Å²) in [6.45, 7) is 4.01. The minimum atomic E-state index is -0.724. The highest BCUT2D eigenvalue weighted by atomic mass is 35.5. The van der Waals surface area contributed by atoms with Crippen molar-refractivity contribution in [3.63, 3.8) is 0 Å². The number of rotatable bonds is 8. The third-order valence-electron chi connectivity index (χ3n) is 4.62. The fourth-order valence-electron chi connectivity index (χ4n) is 3.19. The highest BCUT2D eigenvalue weighted by Gasteiger charge is 2.36. The lowest BCUT2D eigenvalue weighted by Crippen LogP contribution is -2.30. The molecule has 0 radical (unpaired) electrons. The van der Waals surface area contributed by atoms with Gasteiger partial charge < -0.3 is 19.8 Å². The smallest absolute Gasteiger partial charge is 0.316 e. The summed E-state index contributed by atoms with van der Waals surface area (Å²) in [5.41, 5.74) is 1.77. The maximum absolute atomic E-state index is 13.2. The minimum absolute atomic E-state index is 0.0397. The van der Waals surface area contributed by atoms with E-state index in [9.17, 15) is 14.9 Å². The van der Waals surface area contributed by atoms with Crippen molar-refractivity contribution >= 4 is 40.9 Å². The Morgan fingerprint density at radius 1 is 1.31 bits per heavy atom. The van der Waals surface area contributed by atoms with Gasteiger partial charge in [0, 0.05) is 16.4 Å². The number of hydrogen-bond acceptors (Lipinski definition) is 7. The van der Waals surface area contributed by atoms with Crippen molar-refractivity contribution in [3.8, 4) is 6.07 Å². The SMILES string of the molecule is CCCOC(=O)CSC1=C(C#N)[C@@H](c2ccco2)C(C(=O)Nc2ccc(Cl)cc2)=C(C)N1. The number of carbonyl (C=O) groups is 2. The molecule has 7 nitrogen and oxygen atoms in total. The van der Waals surface area contributed by atoms with Crippen LogP contribution in [0, 0.1) is 11.3 Å². The first-order valence-electron chi connectivity index (χ1n) is 9.95. The number of halogens is 1. The van der Waals surface area contributed by atoms with Gasteiger partial charge in [-0.15, -0.1) is 0 Å². The number of nitrogens with one attached hydrogen (secondary N) is 2. The molecule has 0 saturated heterocycles. The highest BCUT2D eigenvalue weighted by Crippen LogP contribution is 2.41. The van der Waals surface area contributed by atoms with Gasteiger partial charge in [-0.1, -0.05) is 30.3 Å². The van der Waals surface area contributed by atoms with Crippen LogP contribution >= 0.6 is 23.4 Å². The molecule has 1 aliphatic rings. The normalized spacial score (nSPS) is 15.8. The fraction of sp³-hybridized carbons (Fsp3) is 0.261. The predicted octanol–water partition coefficient (Wildman–Crippen LogP) is 4.95. The average Bonchev–Trinajstić information content (AvgIpc) is 3.31. The summed E-state index contributed by atoms with van der Waals surface area (Å²) >= 11 is 7.08. The zero-order valence-corrected chi connectivity index (χ0v) is 19.2. The van der Waals surface area contributed by atoms with Gasteiger partial charge in [0.2, 0.25) is 0 Å². The van der Waals surface area contributed by atoms with Gasteiger partial charge in [0.05, 0.1) is 46.8 Å². The van der Waals surface area contributed by atoms with Crippen molar-refractivity contribution in [1.29, 1.82) is 5.26 Å². The highest BCUT2D eigenvalue weighted by molar-refractivity contribution is 8.03. The Morgan fingerprint density at radius 3 is 2.69 bits per heavy atom. The van der Waals surface area contributed by atoms with Gasteiger partial charge in [0.15, 0.2) is 0 Å². The number of esters is 1. The predicted molar refractivity (Wildman–Crippen MR) is 124 cm³/mol. The zero-order chi connectivity index (χ0) is 23.1. The van der Waals surface area contributed by atoms with Crippen molar-refractivity contribution in [2.24, 2.45) is 0 Å². The minimum Gasteiger partial charge on any atom is -0.468 e. The number of amides is 1. The quantitative estimate of drug-likeness (QED) is 0.524. The molecule has 2 N–H and O–H groups in total. The van der Waals surface area contributed by atoms with Gasteiger partial charge in [-0.3, -0.25) is 9.59 Å². The summed E-state index contributed by atoms with van der Waals surface area (Å²) < 4.78 is 10.7. The van der Waals surface area contributed by atoms with E-state index < -0.39 is 5.92 Å². The van der Waals surface area contributed by atoms with Crippen LogP contribution in [-0.2, 0) is 14.3 Å². The fourth-order valence-corrected chi connectivity index (χ4v) is 4.20. The molecule has 9 heteroatoms. The third-order valence-corrected chi connectivity index (χ3v) is 5.87. The van der Waals surface area contributed by atoms with E-state index in [-0.39, 0.29) is 17.6 Å². The lowest BCUT2D eigenvalue weighted by molar-refractivity contribution is -0.140. The number of thioether (sulfide) groups is 1. The zero-order valence-electron chi connectivity index (χ0n) is 17.6.